The lowest BCUT2D eigenvalue weighted by atomic mass is 10.1. The van der Waals surface area contributed by atoms with E-state index in [9.17, 15) is 9.18 Å². The molecule has 1 aliphatic rings. The highest BCUT2D eigenvalue weighted by molar-refractivity contribution is 9.10. The fraction of sp³-hybridized carbons (Fsp3) is 0.429. The number of carboxylic acid groups (broad SMARTS) is 1. The summed E-state index contributed by atoms with van der Waals surface area (Å²) in [5.74, 6) is -1.56. The average Bonchev–Trinajstić information content (AvgIpc) is 2.93. The molecule has 1 N–H and O–H groups in total. The van der Waals surface area contributed by atoms with Gasteiger partial charge < -0.3 is 10.0 Å². The van der Waals surface area contributed by atoms with Gasteiger partial charge in [-0.15, -0.1) is 0 Å². The van der Waals surface area contributed by atoms with E-state index in [1.54, 1.807) is 4.90 Å². The van der Waals surface area contributed by atoms with Crippen molar-refractivity contribution in [1.29, 1.82) is 5.26 Å². The van der Waals surface area contributed by atoms with E-state index in [0.717, 1.165) is 25.7 Å². The van der Waals surface area contributed by atoms with Gasteiger partial charge in [-0.3, -0.25) is 4.79 Å². The molecule has 0 bridgehead atoms. The molecule has 0 unspecified atom stereocenters. The molecule has 0 amide bonds. The molecule has 0 aliphatic heterocycles. The van der Waals surface area contributed by atoms with Crippen molar-refractivity contribution >= 4 is 27.6 Å². The summed E-state index contributed by atoms with van der Waals surface area (Å²) in [5.41, 5.74) is 0.443. The first-order valence-electron chi connectivity index (χ1n) is 6.41. The van der Waals surface area contributed by atoms with E-state index in [2.05, 4.69) is 15.9 Å². The smallest absolute Gasteiger partial charge is 0.323 e. The molecule has 0 spiro atoms. The third-order valence-electron chi connectivity index (χ3n) is 3.56. The summed E-state index contributed by atoms with van der Waals surface area (Å²) in [7, 11) is 0. The highest BCUT2D eigenvalue weighted by Crippen LogP contribution is 2.33. The molecule has 0 heterocycles. The fourth-order valence-electron chi connectivity index (χ4n) is 2.62. The minimum Gasteiger partial charge on any atom is -0.480 e. The Hall–Kier alpha value is -1.61. The van der Waals surface area contributed by atoms with Crippen LogP contribution in [0.2, 0.25) is 0 Å². The van der Waals surface area contributed by atoms with E-state index in [0.29, 0.717) is 0 Å². The van der Waals surface area contributed by atoms with Gasteiger partial charge in [-0.05, 0) is 40.9 Å². The number of carbonyl (C=O) groups is 1. The van der Waals surface area contributed by atoms with Crippen molar-refractivity contribution in [2.75, 3.05) is 11.4 Å². The maximum absolute atomic E-state index is 14.4. The van der Waals surface area contributed by atoms with Crippen LogP contribution >= 0.6 is 15.9 Å². The van der Waals surface area contributed by atoms with Crippen molar-refractivity contribution < 1.29 is 14.3 Å². The van der Waals surface area contributed by atoms with Crippen molar-refractivity contribution in [3.63, 3.8) is 0 Å². The molecule has 0 atom stereocenters. The second kappa shape index (κ2) is 6.23. The Morgan fingerprint density at radius 3 is 2.70 bits per heavy atom. The van der Waals surface area contributed by atoms with Crippen molar-refractivity contribution in [1.82, 2.24) is 0 Å². The monoisotopic (exact) mass is 340 g/mol. The zero-order chi connectivity index (χ0) is 14.7. The number of benzene rings is 1. The first-order chi connectivity index (χ1) is 9.54. The molecule has 6 heteroatoms. The van der Waals surface area contributed by atoms with Crippen molar-refractivity contribution in [2.45, 2.75) is 31.7 Å². The zero-order valence-electron chi connectivity index (χ0n) is 10.8. The lowest BCUT2D eigenvalue weighted by Crippen LogP contribution is -2.38. The van der Waals surface area contributed by atoms with E-state index < -0.39 is 11.8 Å². The van der Waals surface area contributed by atoms with Gasteiger partial charge in [0.2, 0.25) is 0 Å². The molecule has 4 nitrogen and oxygen atoms in total. The van der Waals surface area contributed by atoms with Gasteiger partial charge in [-0.2, -0.15) is 5.26 Å². The molecule has 1 aromatic carbocycles. The van der Waals surface area contributed by atoms with E-state index in [1.165, 1.54) is 12.1 Å². The van der Waals surface area contributed by atoms with Crippen LogP contribution in [0.3, 0.4) is 0 Å². The van der Waals surface area contributed by atoms with Gasteiger partial charge in [0, 0.05) is 6.04 Å². The summed E-state index contributed by atoms with van der Waals surface area (Å²) in [6, 6.07) is 4.93. The molecule has 0 aromatic heterocycles. The minimum absolute atomic E-state index is 0.0421. The largest absolute Gasteiger partial charge is 0.480 e. The topological polar surface area (TPSA) is 64.3 Å². The number of anilines is 1. The third kappa shape index (κ3) is 2.93. The van der Waals surface area contributed by atoms with Gasteiger partial charge in [0.15, 0.2) is 5.82 Å². The number of carboxylic acids is 1. The maximum atomic E-state index is 14.4. The van der Waals surface area contributed by atoms with Crippen molar-refractivity contribution in [3.05, 3.63) is 28.0 Å². The Bertz CT molecular complexity index is 565. The predicted octanol–water partition coefficient (Wildman–Crippen LogP) is 3.29. The summed E-state index contributed by atoms with van der Waals surface area (Å²) in [6.45, 7) is -0.236. The molecule has 0 saturated heterocycles. The van der Waals surface area contributed by atoms with Crippen LogP contribution in [-0.4, -0.2) is 23.7 Å². The highest BCUT2D eigenvalue weighted by atomic mass is 79.9. The number of halogens is 2. The van der Waals surface area contributed by atoms with Crippen LogP contribution in [0.4, 0.5) is 10.1 Å². The quantitative estimate of drug-likeness (QED) is 0.913. The molecule has 1 aromatic rings. The average molecular weight is 341 g/mol. The van der Waals surface area contributed by atoms with Crippen LogP contribution in [-0.2, 0) is 4.79 Å². The maximum Gasteiger partial charge on any atom is 0.323 e. The number of nitriles is 1. The van der Waals surface area contributed by atoms with Crippen molar-refractivity contribution in [2.24, 2.45) is 0 Å². The summed E-state index contributed by atoms with van der Waals surface area (Å²) in [5, 5.41) is 17.9. The fourth-order valence-corrected chi connectivity index (χ4v) is 3.04. The Balaban J connectivity index is 2.40. The number of hydrogen-bond acceptors (Lipinski definition) is 3. The van der Waals surface area contributed by atoms with Crippen LogP contribution in [0.5, 0.6) is 0 Å². The lowest BCUT2D eigenvalue weighted by molar-refractivity contribution is -0.135. The normalized spacial score (nSPS) is 15.1. The third-order valence-corrected chi connectivity index (χ3v) is 4.34. The van der Waals surface area contributed by atoms with Gasteiger partial charge in [0.05, 0.1) is 15.7 Å². The van der Waals surface area contributed by atoms with Crippen LogP contribution in [0, 0.1) is 17.1 Å². The second-order valence-electron chi connectivity index (χ2n) is 4.83. The first-order valence-corrected chi connectivity index (χ1v) is 7.20. The van der Waals surface area contributed by atoms with Crippen LogP contribution in [0.1, 0.15) is 31.2 Å². The van der Waals surface area contributed by atoms with E-state index >= 15 is 0 Å². The molecule has 20 heavy (non-hydrogen) atoms. The Morgan fingerprint density at radius 2 is 2.15 bits per heavy atom. The van der Waals surface area contributed by atoms with Gasteiger partial charge in [0.25, 0.3) is 0 Å². The van der Waals surface area contributed by atoms with Crippen LogP contribution < -0.4 is 4.90 Å². The van der Waals surface area contributed by atoms with E-state index in [4.69, 9.17) is 10.4 Å². The van der Waals surface area contributed by atoms with Crippen molar-refractivity contribution in [3.8, 4) is 6.07 Å². The number of rotatable bonds is 4. The summed E-state index contributed by atoms with van der Waals surface area (Å²) in [6.07, 6.45) is 3.79. The van der Waals surface area contributed by atoms with E-state index in [-0.39, 0.29) is 28.3 Å². The summed E-state index contributed by atoms with van der Waals surface area (Å²) in [4.78, 5) is 12.6. The van der Waals surface area contributed by atoms with E-state index in [1.807, 2.05) is 6.07 Å². The molecule has 1 saturated carbocycles. The highest BCUT2D eigenvalue weighted by Gasteiger charge is 2.27. The van der Waals surface area contributed by atoms with Crippen LogP contribution in [0.25, 0.3) is 0 Å². The molecule has 2 rings (SSSR count). The lowest BCUT2D eigenvalue weighted by Gasteiger charge is -2.30. The zero-order valence-corrected chi connectivity index (χ0v) is 12.4. The summed E-state index contributed by atoms with van der Waals surface area (Å²) >= 11 is 3.06. The first kappa shape index (κ1) is 14.8. The van der Waals surface area contributed by atoms with Gasteiger partial charge in [0.1, 0.15) is 12.6 Å². The second-order valence-corrected chi connectivity index (χ2v) is 5.62. The molecule has 0 radical (unpaired) electrons. The number of nitrogens with zero attached hydrogens (tertiary/aromatic N) is 2. The number of hydrogen-bond donors (Lipinski definition) is 1. The SMILES string of the molecule is N#Cc1ccc(N(CC(=O)O)C2CCCC2)c(F)c1Br. The predicted molar refractivity (Wildman–Crippen MR) is 76.1 cm³/mol. The van der Waals surface area contributed by atoms with Gasteiger partial charge in [-0.1, -0.05) is 12.8 Å². The number of aliphatic carboxylic acids is 1. The molecule has 106 valence electrons. The minimum atomic E-state index is -0.989. The van der Waals surface area contributed by atoms with Gasteiger partial charge in [-0.25, -0.2) is 4.39 Å². The Labute approximate surface area is 124 Å². The molecular weight excluding hydrogens is 327 g/mol. The molecule has 1 fully saturated rings. The van der Waals surface area contributed by atoms with Crippen LogP contribution in [0.15, 0.2) is 16.6 Å². The molecular formula is C14H14BrFN2O2. The standard InChI is InChI=1S/C14H14BrFN2O2/c15-13-9(7-17)5-6-11(14(13)16)18(8-12(19)20)10-3-1-2-4-10/h5-6,10H,1-4,8H2,(H,19,20). The Kier molecular flexibility index (Phi) is 4.61. The van der Waals surface area contributed by atoms with Gasteiger partial charge >= 0.3 is 5.97 Å². The molecule has 1 aliphatic carbocycles. The Morgan fingerprint density at radius 1 is 1.50 bits per heavy atom. The summed E-state index contributed by atoms with van der Waals surface area (Å²) < 4.78 is 14.5.